The number of anilines is 1. The Morgan fingerprint density at radius 3 is 2.03 bits per heavy atom. The summed E-state index contributed by atoms with van der Waals surface area (Å²) in [5.74, 6) is 0.356. The second-order valence-electron chi connectivity index (χ2n) is 6.83. The van der Waals surface area contributed by atoms with Gasteiger partial charge in [-0.3, -0.25) is 9.59 Å². The van der Waals surface area contributed by atoms with Gasteiger partial charge in [0.05, 0.1) is 13.7 Å². The van der Waals surface area contributed by atoms with Gasteiger partial charge in [0.2, 0.25) is 0 Å². The van der Waals surface area contributed by atoms with Gasteiger partial charge in [0, 0.05) is 23.4 Å². The van der Waals surface area contributed by atoms with Crippen molar-refractivity contribution in [1.29, 1.82) is 0 Å². The summed E-state index contributed by atoms with van der Waals surface area (Å²) < 4.78 is 14.8. The van der Waals surface area contributed by atoms with E-state index in [1.54, 1.807) is 62.6 Å². The van der Waals surface area contributed by atoms with Crippen molar-refractivity contribution in [3.8, 4) is 11.5 Å². The van der Waals surface area contributed by atoms with Gasteiger partial charge in [-0.1, -0.05) is 18.2 Å². The highest BCUT2D eigenvalue weighted by molar-refractivity contribution is 6.04. The van der Waals surface area contributed by atoms with Crippen molar-refractivity contribution in [2.45, 2.75) is 13.5 Å². The number of hydrogen-bond donors (Lipinski definition) is 2. The van der Waals surface area contributed by atoms with Crippen LogP contribution in [0, 0.1) is 0 Å². The number of hydrogen-bond acceptors (Lipinski definition) is 6. The number of amides is 2. The van der Waals surface area contributed by atoms with Crippen molar-refractivity contribution >= 4 is 23.7 Å². The lowest BCUT2D eigenvalue weighted by atomic mass is 10.1. The van der Waals surface area contributed by atoms with Crippen molar-refractivity contribution in [3.05, 3.63) is 89.5 Å². The van der Waals surface area contributed by atoms with Crippen LogP contribution in [0.5, 0.6) is 11.5 Å². The fourth-order valence-electron chi connectivity index (χ4n) is 2.93. The van der Waals surface area contributed by atoms with Gasteiger partial charge in [-0.15, -0.1) is 0 Å². The number of methoxy groups -OCH3 is 1. The molecule has 0 bridgehead atoms. The molecule has 0 atom stereocenters. The monoisotopic (exact) mass is 448 g/mol. The van der Waals surface area contributed by atoms with Crippen LogP contribution in [-0.4, -0.2) is 31.7 Å². The maximum atomic E-state index is 12.6. The van der Waals surface area contributed by atoms with Gasteiger partial charge < -0.3 is 24.8 Å². The Morgan fingerprint density at radius 1 is 0.788 bits per heavy atom. The van der Waals surface area contributed by atoms with Crippen molar-refractivity contribution in [2.75, 3.05) is 19.0 Å². The highest BCUT2D eigenvalue weighted by Crippen LogP contribution is 2.18. The number of carbonyl (C=O) groups is 3. The summed E-state index contributed by atoms with van der Waals surface area (Å²) in [6.07, 6.45) is -0.803. The van der Waals surface area contributed by atoms with E-state index in [1.807, 2.05) is 12.1 Å². The van der Waals surface area contributed by atoms with Gasteiger partial charge in [-0.25, -0.2) is 4.79 Å². The molecule has 0 fully saturated rings. The summed E-state index contributed by atoms with van der Waals surface area (Å²) in [5.41, 5.74) is 2.22. The standard InChI is InChI=1S/C25H24N2O6/c1-3-32-25(30)33-21-14-10-17(11-15-21)23(28)26-16-19-6-4-5-7-22(19)27-24(29)18-8-12-20(31-2)13-9-18/h4-15H,3,16H2,1-2H3,(H,26,28)(H,27,29). The molecule has 0 spiro atoms. The molecule has 2 amide bonds. The first-order valence-corrected chi connectivity index (χ1v) is 10.3. The molecule has 0 aliphatic heterocycles. The normalized spacial score (nSPS) is 10.1. The van der Waals surface area contributed by atoms with Crippen molar-refractivity contribution in [2.24, 2.45) is 0 Å². The van der Waals surface area contributed by atoms with Gasteiger partial charge in [-0.05, 0) is 67.1 Å². The Morgan fingerprint density at radius 2 is 1.39 bits per heavy atom. The summed E-state index contributed by atoms with van der Waals surface area (Å²) in [4.78, 5) is 36.5. The van der Waals surface area contributed by atoms with Crippen LogP contribution in [0.1, 0.15) is 33.2 Å². The molecule has 8 heteroatoms. The Labute approximate surface area is 191 Å². The number of benzene rings is 3. The molecule has 0 unspecified atom stereocenters. The minimum absolute atomic E-state index is 0.207. The minimum Gasteiger partial charge on any atom is -0.497 e. The Bertz CT molecular complexity index is 1110. The zero-order valence-electron chi connectivity index (χ0n) is 18.3. The van der Waals surface area contributed by atoms with Crippen molar-refractivity contribution < 1.29 is 28.6 Å². The predicted molar refractivity (Wildman–Crippen MR) is 123 cm³/mol. The van der Waals surface area contributed by atoms with E-state index in [-0.39, 0.29) is 30.7 Å². The Balaban J connectivity index is 1.60. The molecule has 170 valence electrons. The third-order valence-electron chi connectivity index (χ3n) is 4.64. The summed E-state index contributed by atoms with van der Waals surface area (Å²) >= 11 is 0. The lowest BCUT2D eigenvalue weighted by Crippen LogP contribution is -2.24. The number of para-hydroxylation sites is 1. The first kappa shape index (κ1) is 23.3. The summed E-state index contributed by atoms with van der Waals surface area (Å²) in [7, 11) is 1.56. The van der Waals surface area contributed by atoms with E-state index in [9.17, 15) is 14.4 Å². The second kappa shape index (κ2) is 11.3. The van der Waals surface area contributed by atoms with E-state index in [0.717, 1.165) is 5.56 Å². The first-order chi connectivity index (χ1) is 16.0. The number of carbonyl (C=O) groups excluding carboxylic acids is 3. The Kier molecular flexibility index (Phi) is 8.02. The van der Waals surface area contributed by atoms with E-state index in [0.29, 0.717) is 22.6 Å². The maximum Gasteiger partial charge on any atom is 0.513 e. The lowest BCUT2D eigenvalue weighted by molar-refractivity contribution is 0.0950. The molecular weight excluding hydrogens is 424 g/mol. The average Bonchev–Trinajstić information content (AvgIpc) is 2.84. The van der Waals surface area contributed by atoms with E-state index in [4.69, 9.17) is 14.2 Å². The summed E-state index contributed by atoms with van der Waals surface area (Å²) in [5, 5.41) is 5.70. The van der Waals surface area contributed by atoms with Crippen LogP contribution in [-0.2, 0) is 11.3 Å². The second-order valence-corrected chi connectivity index (χ2v) is 6.83. The maximum absolute atomic E-state index is 12.6. The molecule has 3 rings (SSSR count). The molecule has 2 N–H and O–H groups in total. The largest absolute Gasteiger partial charge is 0.513 e. The fourth-order valence-corrected chi connectivity index (χ4v) is 2.93. The van der Waals surface area contributed by atoms with E-state index >= 15 is 0 Å². The van der Waals surface area contributed by atoms with Crippen molar-refractivity contribution in [1.82, 2.24) is 5.32 Å². The van der Waals surface area contributed by atoms with Gasteiger partial charge in [0.15, 0.2) is 0 Å². The van der Waals surface area contributed by atoms with Crippen LogP contribution in [0.2, 0.25) is 0 Å². The first-order valence-electron chi connectivity index (χ1n) is 10.3. The quantitative estimate of drug-likeness (QED) is 0.391. The van der Waals surface area contributed by atoms with Gasteiger partial charge in [0.1, 0.15) is 11.5 Å². The topological polar surface area (TPSA) is 103 Å². The SMILES string of the molecule is CCOC(=O)Oc1ccc(C(=O)NCc2ccccc2NC(=O)c2ccc(OC)cc2)cc1. The lowest BCUT2D eigenvalue weighted by Gasteiger charge is -2.12. The number of rotatable bonds is 8. The smallest absolute Gasteiger partial charge is 0.497 e. The molecule has 0 aliphatic carbocycles. The summed E-state index contributed by atoms with van der Waals surface area (Å²) in [6, 6.07) is 20.1. The fraction of sp³-hybridized carbons (Fsp3) is 0.160. The number of ether oxygens (including phenoxy) is 3. The molecule has 8 nitrogen and oxygen atoms in total. The molecule has 0 saturated carbocycles. The van der Waals surface area contributed by atoms with Gasteiger partial charge in [0.25, 0.3) is 11.8 Å². The van der Waals surface area contributed by atoms with Crippen LogP contribution in [0.4, 0.5) is 10.5 Å². The Hall–Kier alpha value is -4.33. The van der Waals surface area contributed by atoms with Crippen LogP contribution in [0.3, 0.4) is 0 Å². The van der Waals surface area contributed by atoms with Gasteiger partial charge in [-0.2, -0.15) is 0 Å². The zero-order chi connectivity index (χ0) is 23.6. The molecule has 3 aromatic carbocycles. The van der Waals surface area contributed by atoms with Crippen LogP contribution in [0.15, 0.2) is 72.8 Å². The highest BCUT2D eigenvalue weighted by atomic mass is 16.7. The van der Waals surface area contributed by atoms with Crippen LogP contribution < -0.4 is 20.1 Å². The molecule has 0 saturated heterocycles. The molecular formula is C25H24N2O6. The van der Waals surface area contributed by atoms with Crippen molar-refractivity contribution in [3.63, 3.8) is 0 Å². The number of nitrogens with one attached hydrogen (secondary N) is 2. The van der Waals surface area contributed by atoms with Crippen LogP contribution in [0.25, 0.3) is 0 Å². The molecule has 0 aliphatic rings. The molecule has 3 aromatic rings. The minimum atomic E-state index is -0.803. The molecule has 0 radical (unpaired) electrons. The highest BCUT2D eigenvalue weighted by Gasteiger charge is 2.12. The third kappa shape index (κ3) is 6.57. The predicted octanol–water partition coefficient (Wildman–Crippen LogP) is 4.41. The van der Waals surface area contributed by atoms with Gasteiger partial charge >= 0.3 is 6.16 Å². The zero-order valence-corrected chi connectivity index (χ0v) is 18.3. The molecule has 0 aromatic heterocycles. The van der Waals surface area contributed by atoms with E-state index in [2.05, 4.69) is 10.6 Å². The molecule has 33 heavy (non-hydrogen) atoms. The van der Waals surface area contributed by atoms with E-state index < -0.39 is 6.16 Å². The average molecular weight is 448 g/mol. The molecule has 0 heterocycles. The third-order valence-corrected chi connectivity index (χ3v) is 4.64. The van der Waals surface area contributed by atoms with E-state index in [1.165, 1.54) is 12.1 Å². The summed E-state index contributed by atoms with van der Waals surface area (Å²) in [6.45, 7) is 2.09. The van der Waals surface area contributed by atoms with Crippen LogP contribution >= 0.6 is 0 Å².